The molecule has 0 spiro atoms. The summed E-state index contributed by atoms with van der Waals surface area (Å²) in [5.74, 6) is 2.18. The molecule has 0 fully saturated rings. The second-order valence-corrected chi connectivity index (χ2v) is 4.37. The first-order valence-electron chi connectivity index (χ1n) is 4.47. The molecule has 0 atom stereocenters. The predicted octanol–water partition coefficient (Wildman–Crippen LogP) is 3.26. The summed E-state index contributed by atoms with van der Waals surface area (Å²) in [4.78, 5) is 4.18. The van der Waals surface area contributed by atoms with Crippen LogP contribution in [0.2, 0.25) is 0 Å². The van der Waals surface area contributed by atoms with Gasteiger partial charge in [0.25, 0.3) is 0 Å². The van der Waals surface area contributed by atoms with Gasteiger partial charge in [0.05, 0.1) is 18.9 Å². The molecular weight excluding hydrogens is 305 g/mol. The highest BCUT2D eigenvalue weighted by Crippen LogP contribution is 2.30. The van der Waals surface area contributed by atoms with E-state index < -0.39 is 0 Å². The molecule has 0 N–H and O–H groups in total. The monoisotopic (exact) mass is 315 g/mol. The minimum atomic E-state index is 0.598. The molecule has 0 aliphatic rings. The van der Waals surface area contributed by atoms with Gasteiger partial charge in [-0.25, -0.2) is 4.98 Å². The molecule has 2 aromatic rings. The first-order valence-corrected chi connectivity index (χ1v) is 5.55. The van der Waals surface area contributed by atoms with Gasteiger partial charge < -0.3 is 9.15 Å². The fourth-order valence-electron chi connectivity index (χ4n) is 1.32. The van der Waals surface area contributed by atoms with E-state index in [1.807, 2.05) is 25.1 Å². The van der Waals surface area contributed by atoms with Gasteiger partial charge in [0, 0.05) is 3.57 Å². The standard InChI is InChI=1S/C11H10INO2/c1-7-6-13-11(15-7)9-4-3-8(12)5-10(9)14-2/h3-6H,1-2H3. The van der Waals surface area contributed by atoms with Gasteiger partial charge in [0.1, 0.15) is 11.5 Å². The minimum Gasteiger partial charge on any atom is -0.496 e. The van der Waals surface area contributed by atoms with Gasteiger partial charge >= 0.3 is 0 Å². The molecule has 1 heterocycles. The largest absolute Gasteiger partial charge is 0.496 e. The lowest BCUT2D eigenvalue weighted by Crippen LogP contribution is -1.88. The molecular formula is C11H10INO2. The van der Waals surface area contributed by atoms with E-state index >= 15 is 0 Å². The number of aryl methyl sites for hydroxylation is 1. The summed E-state index contributed by atoms with van der Waals surface area (Å²) in [6.07, 6.45) is 1.70. The van der Waals surface area contributed by atoms with Crippen molar-refractivity contribution in [3.63, 3.8) is 0 Å². The Morgan fingerprint density at radius 2 is 2.20 bits per heavy atom. The maximum atomic E-state index is 5.46. The first kappa shape index (κ1) is 10.5. The molecule has 3 nitrogen and oxygen atoms in total. The van der Waals surface area contributed by atoms with Crippen LogP contribution in [0.4, 0.5) is 0 Å². The second kappa shape index (κ2) is 4.22. The molecule has 0 unspecified atom stereocenters. The Morgan fingerprint density at radius 1 is 1.40 bits per heavy atom. The van der Waals surface area contributed by atoms with Crippen molar-refractivity contribution in [3.05, 3.63) is 33.7 Å². The van der Waals surface area contributed by atoms with Crippen molar-refractivity contribution in [3.8, 4) is 17.2 Å². The van der Waals surface area contributed by atoms with Crippen LogP contribution in [0.1, 0.15) is 5.76 Å². The normalized spacial score (nSPS) is 10.3. The Bertz CT molecular complexity index is 479. The van der Waals surface area contributed by atoms with Gasteiger partial charge in [-0.1, -0.05) is 0 Å². The maximum absolute atomic E-state index is 5.46. The Balaban J connectivity index is 2.52. The second-order valence-electron chi connectivity index (χ2n) is 3.12. The number of nitrogens with zero attached hydrogens (tertiary/aromatic N) is 1. The van der Waals surface area contributed by atoms with Crippen LogP contribution in [-0.2, 0) is 0 Å². The lowest BCUT2D eigenvalue weighted by Gasteiger charge is -2.05. The van der Waals surface area contributed by atoms with Crippen LogP contribution < -0.4 is 4.74 Å². The quantitative estimate of drug-likeness (QED) is 0.798. The average Bonchev–Trinajstić information content (AvgIpc) is 2.64. The topological polar surface area (TPSA) is 35.3 Å². The Hall–Kier alpha value is -1.04. The van der Waals surface area contributed by atoms with Crippen molar-refractivity contribution in [1.29, 1.82) is 0 Å². The summed E-state index contributed by atoms with van der Waals surface area (Å²) in [7, 11) is 1.64. The molecule has 15 heavy (non-hydrogen) atoms. The lowest BCUT2D eigenvalue weighted by molar-refractivity contribution is 0.413. The number of oxazole rings is 1. The van der Waals surface area contributed by atoms with Gasteiger partial charge in [0.2, 0.25) is 5.89 Å². The van der Waals surface area contributed by atoms with Crippen molar-refractivity contribution in [2.24, 2.45) is 0 Å². The van der Waals surface area contributed by atoms with E-state index in [9.17, 15) is 0 Å². The van der Waals surface area contributed by atoms with Crippen molar-refractivity contribution < 1.29 is 9.15 Å². The van der Waals surface area contributed by atoms with Crippen molar-refractivity contribution in [1.82, 2.24) is 4.98 Å². The fraction of sp³-hybridized carbons (Fsp3) is 0.182. The molecule has 0 saturated heterocycles. The van der Waals surface area contributed by atoms with Gasteiger partial charge in [0.15, 0.2) is 0 Å². The minimum absolute atomic E-state index is 0.598. The number of benzene rings is 1. The summed E-state index contributed by atoms with van der Waals surface area (Å²) in [6.45, 7) is 1.87. The Labute approximate surface area is 102 Å². The zero-order valence-electron chi connectivity index (χ0n) is 8.45. The summed E-state index contributed by atoms with van der Waals surface area (Å²) < 4.78 is 11.9. The molecule has 0 radical (unpaired) electrons. The zero-order chi connectivity index (χ0) is 10.8. The van der Waals surface area contributed by atoms with Crippen molar-refractivity contribution in [2.45, 2.75) is 6.92 Å². The number of hydrogen-bond acceptors (Lipinski definition) is 3. The highest BCUT2D eigenvalue weighted by molar-refractivity contribution is 14.1. The molecule has 4 heteroatoms. The van der Waals surface area contributed by atoms with E-state index in [0.717, 1.165) is 20.6 Å². The molecule has 0 amide bonds. The predicted molar refractivity (Wildman–Crippen MR) is 65.9 cm³/mol. The SMILES string of the molecule is COc1cc(I)ccc1-c1ncc(C)o1. The first-order chi connectivity index (χ1) is 7.20. The zero-order valence-corrected chi connectivity index (χ0v) is 10.6. The van der Waals surface area contributed by atoms with Gasteiger partial charge in [-0.3, -0.25) is 0 Å². The molecule has 1 aromatic heterocycles. The summed E-state index contributed by atoms with van der Waals surface area (Å²) in [5.41, 5.74) is 0.881. The number of aromatic nitrogens is 1. The van der Waals surface area contributed by atoms with Gasteiger partial charge in [-0.2, -0.15) is 0 Å². The fourth-order valence-corrected chi connectivity index (χ4v) is 1.78. The molecule has 0 bridgehead atoms. The highest BCUT2D eigenvalue weighted by Gasteiger charge is 2.10. The van der Waals surface area contributed by atoms with Gasteiger partial charge in [-0.05, 0) is 47.7 Å². The molecule has 2 rings (SSSR count). The number of ether oxygens (including phenoxy) is 1. The third-order valence-corrected chi connectivity index (χ3v) is 2.69. The van der Waals surface area contributed by atoms with Crippen LogP contribution in [0, 0.1) is 10.5 Å². The third kappa shape index (κ3) is 2.14. The van der Waals surface area contributed by atoms with Crippen LogP contribution in [0.15, 0.2) is 28.8 Å². The number of halogens is 1. The van der Waals surface area contributed by atoms with Crippen molar-refractivity contribution in [2.75, 3.05) is 7.11 Å². The Morgan fingerprint density at radius 3 is 2.80 bits per heavy atom. The van der Waals surface area contributed by atoms with E-state index in [2.05, 4.69) is 27.6 Å². The number of hydrogen-bond donors (Lipinski definition) is 0. The van der Waals surface area contributed by atoms with E-state index in [4.69, 9.17) is 9.15 Å². The van der Waals surface area contributed by atoms with E-state index in [1.165, 1.54) is 0 Å². The smallest absolute Gasteiger partial charge is 0.229 e. The third-order valence-electron chi connectivity index (χ3n) is 2.02. The van der Waals surface area contributed by atoms with E-state index in [0.29, 0.717) is 5.89 Å². The molecule has 0 aliphatic carbocycles. The highest BCUT2D eigenvalue weighted by atomic mass is 127. The van der Waals surface area contributed by atoms with Gasteiger partial charge in [-0.15, -0.1) is 0 Å². The number of methoxy groups -OCH3 is 1. The number of rotatable bonds is 2. The van der Waals surface area contributed by atoms with Crippen LogP contribution in [0.5, 0.6) is 5.75 Å². The Kier molecular flexibility index (Phi) is 2.95. The average molecular weight is 315 g/mol. The lowest BCUT2D eigenvalue weighted by atomic mass is 10.2. The van der Waals surface area contributed by atoms with Crippen LogP contribution in [-0.4, -0.2) is 12.1 Å². The van der Waals surface area contributed by atoms with E-state index in [-0.39, 0.29) is 0 Å². The van der Waals surface area contributed by atoms with Crippen LogP contribution in [0.25, 0.3) is 11.5 Å². The molecule has 0 aliphatic heterocycles. The van der Waals surface area contributed by atoms with Crippen molar-refractivity contribution >= 4 is 22.6 Å². The van der Waals surface area contributed by atoms with Crippen LogP contribution in [0.3, 0.4) is 0 Å². The maximum Gasteiger partial charge on any atom is 0.229 e. The van der Waals surface area contributed by atoms with E-state index in [1.54, 1.807) is 13.3 Å². The molecule has 0 saturated carbocycles. The molecule has 78 valence electrons. The summed E-state index contributed by atoms with van der Waals surface area (Å²) in [6, 6.07) is 5.90. The summed E-state index contributed by atoms with van der Waals surface area (Å²) in [5, 5.41) is 0. The van der Waals surface area contributed by atoms with Crippen LogP contribution >= 0.6 is 22.6 Å². The molecule has 1 aromatic carbocycles. The summed E-state index contributed by atoms with van der Waals surface area (Å²) >= 11 is 2.24.